The molecular weight excluding hydrogens is 322 g/mol. The van der Waals surface area contributed by atoms with Gasteiger partial charge in [-0.25, -0.2) is 0 Å². The van der Waals surface area contributed by atoms with Crippen molar-refractivity contribution in [3.8, 4) is 11.5 Å². The van der Waals surface area contributed by atoms with Crippen molar-refractivity contribution in [2.45, 2.75) is 26.3 Å². The molecule has 20 heavy (non-hydrogen) atoms. The normalized spacial score (nSPS) is 12.2. The highest BCUT2D eigenvalue weighted by Gasteiger charge is 2.20. The van der Waals surface area contributed by atoms with Gasteiger partial charge in [-0.15, -0.1) is 0 Å². The molecule has 1 aromatic rings. The molecule has 0 aromatic heterocycles. The largest absolute Gasteiger partial charge is 0.495 e. The van der Waals surface area contributed by atoms with E-state index in [0.717, 1.165) is 34.5 Å². The number of hydrogen-bond donors (Lipinski definition) is 1. The molecule has 0 radical (unpaired) electrons. The first-order chi connectivity index (χ1) is 9.69. The highest BCUT2D eigenvalue weighted by Crippen LogP contribution is 2.39. The van der Waals surface area contributed by atoms with Gasteiger partial charge in [-0.1, -0.05) is 6.92 Å². The van der Waals surface area contributed by atoms with Crippen molar-refractivity contribution in [1.29, 1.82) is 0 Å². The third-order valence-corrected chi connectivity index (χ3v) is 3.77. The first-order valence-electron chi connectivity index (χ1n) is 6.91. The Balaban J connectivity index is 3.07. The third kappa shape index (κ3) is 4.36. The Bertz CT molecular complexity index is 404. The van der Waals surface area contributed by atoms with Crippen LogP contribution in [0, 0.1) is 0 Å². The lowest BCUT2D eigenvalue weighted by atomic mass is 10.1. The number of halogens is 1. The number of benzene rings is 1. The van der Waals surface area contributed by atoms with E-state index in [-0.39, 0.29) is 6.04 Å². The molecule has 4 nitrogen and oxygen atoms in total. The van der Waals surface area contributed by atoms with Crippen molar-refractivity contribution in [2.24, 2.45) is 0 Å². The van der Waals surface area contributed by atoms with E-state index in [1.807, 2.05) is 19.1 Å². The molecule has 0 aliphatic heterocycles. The topological polar surface area (TPSA) is 39.7 Å². The summed E-state index contributed by atoms with van der Waals surface area (Å²) in [7, 11) is 3.31. The molecule has 0 amide bonds. The number of ether oxygens (including phenoxy) is 3. The number of rotatable bonds is 9. The van der Waals surface area contributed by atoms with E-state index in [1.165, 1.54) is 0 Å². The predicted molar refractivity (Wildman–Crippen MR) is 84.8 cm³/mol. The molecule has 5 heteroatoms. The van der Waals surface area contributed by atoms with Crippen LogP contribution in [0.25, 0.3) is 0 Å². The minimum Gasteiger partial charge on any atom is -0.495 e. The summed E-state index contributed by atoms with van der Waals surface area (Å²) in [6.07, 6.45) is 1.07. The smallest absolute Gasteiger partial charge is 0.141 e. The maximum absolute atomic E-state index is 5.58. The van der Waals surface area contributed by atoms with Gasteiger partial charge in [0.1, 0.15) is 16.0 Å². The first-order valence-corrected chi connectivity index (χ1v) is 7.70. The van der Waals surface area contributed by atoms with Crippen molar-refractivity contribution in [3.05, 3.63) is 22.2 Å². The highest BCUT2D eigenvalue weighted by atomic mass is 79.9. The average molecular weight is 346 g/mol. The Labute approximate surface area is 129 Å². The monoisotopic (exact) mass is 345 g/mol. The van der Waals surface area contributed by atoms with Crippen molar-refractivity contribution < 1.29 is 14.2 Å². The van der Waals surface area contributed by atoms with Gasteiger partial charge in [-0.2, -0.15) is 0 Å². The Hall–Kier alpha value is -0.780. The van der Waals surface area contributed by atoms with Gasteiger partial charge in [0.25, 0.3) is 0 Å². The number of hydrogen-bond acceptors (Lipinski definition) is 4. The second-order valence-corrected chi connectivity index (χ2v) is 5.16. The molecule has 1 unspecified atom stereocenters. The summed E-state index contributed by atoms with van der Waals surface area (Å²) in [6.45, 7) is 6.39. The number of nitrogens with one attached hydrogen (secondary N) is 1. The summed E-state index contributed by atoms with van der Waals surface area (Å²) >= 11 is 3.54. The lowest BCUT2D eigenvalue weighted by Gasteiger charge is -2.22. The summed E-state index contributed by atoms with van der Waals surface area (Å²) in [5.74, 6) is 1.55. The van der Waals surface area contributed by atoms with Crippen LogP contribution in [0.4, 0.5) is 0 Å². The summed E-state index contributed by atoms with van der Waals surface area (Å²) in [5.41, 5.74) is 1.07. The number of methoxy groups -OCH3 is 2. The molecular formula is C15H24BrNO3. The van der Waals surface area contributed by atoms with E-state index in [4.69, 9.17) is 14.2 Å². The minimum atomic E-state index is 0.104. The second kappa shape index (κ2) is 9.21. The molecule has 0 bridgehead atoms. The van der Waals surface area contributed by atoms with Gasteiger partial charge in [-0.05, 0) is 48.0 Å². The fraction of sp³-hybridized carbons (Fsp3) is 0.600. The average Bonchev–Trinajstić information content (AvgIpc) is 2.47. The Kier molecular flexibility index (Phi) is 7.95. The fourth-order valence-corrected chi connectivity index (χ4v) is 2.69. The van der Waals surface area contributed by atoms with E-state index < -0.39 is 0 Å². The zero-order chi connectivity index (χ0) is 15.0. The van der Waals surface area contributed by atoms with Gasteiger partial charge in [0.05, 0.1) is 26.9 Å². The van der Waals surface area contributed by atoms with Gasteiger partial charge in [0.2, 0.25) is 0 Å². The Morgan fingerprint density at radius 2 is 1.95 bits per heavy atom. The van der Waals surface area contributed by atoms with Crippen LogP contribution >= 0.6 is 15.9 Å². The molecule has 0 spiro atoms. The summed E-state index contributed by atoms with van der Waals surface area (Å²) in [4.78, 5) is 0. The quantitative estimate of drug-likeness (QED) is 0.742. The van der Waals surface area contributed by atoms with Crippen molar-refractivity contribution >= 4 is 15.9 Å². The van der Waals surface area contributed by atoms with E-state index in [0.29, 0.717) is 13.2 Å². The molecule has 0 heterocycles. The van der Waals surface area contributed by atoms with Crippen LogP contribution in [-0.2, 0) is 4.74 Å². The first kappa shape index (κ1) is 17.3. The molecule has 114 valence electrons. The fourth-order valence-electron chi connectivity index (χ4n) is 2.01. The molecule has 0 fully saturated rings. The SMILES string of the molecule is CCCNC(COCC)c1ccc(OC)c(Br)c1OC. The maximum Gasteiger partial charge on any atom is 0.141 e. The standard InChI is InChI=1S/C15H24BrNO3/c1-5-9-17-12(10-20-6-2)11-7-8-13(18-3)14(16)15(11)19-4/h7-8,12,17H,5-6,9-10H2,1-4H3. The lowest BCUT2D eigenvalue weighted by Crippen LogP contribution is -2.27. The summed E-state index contributed by atoms with van der Waals surface area (Å²) < 4.78 is 17.3. The third-order valence-electron chi connectivity index (χ3n) is 3.02. The Morgan fingerprint density at radius 1 is 1.20 bits per heavy atom. The van der Waals surface area contributed by atoms with Gasteiger partial charge in [-0.3, -0.25) is 0 Å². The van der Waals surface area contributed by atoms with Crippen LogP contribution in [-0.4, -0.2) is 34.0 Å². The van der Waals surface area contributed by atoms with Gasteiger partial charge < -0.3 is 19.5 Å². The predicted octanol–water partition coefficient (Wildman–Crippen LogP) is 3.54. The molecule has 1 aromatic carbocycles. The highest BCUT2D eigenvalue weighted by molar-refractivity contribution is 9.10. The van der Waals surface area contributed by atoms with E-state index in [1.54, 1.807) is 14.2 Å². The summed E-state index contributed by atoms with van der Waals surface area (Å²) in [6, 6.07) is 4.07. The molecule has 0 aliphatic rings. The zero-order valence-corrected chi connectivity index (χ0v) is 14.2. The Morgan fingerprint density at radius 3 is 2.50 bits per heavy atom. The van der Waals surface area contributed by atoms with Crippen LogP contribution in [0.15, 0.2) is 16.6 Å². The molecule has 0 saturated carbocycles. The van der Waals surface area contributed by atoms with Gasteiger partial charge in [0.15, 0.2) is 0 Å². The van der Waals surface area contributed by atoms with Gasteiger partial charge in [0, 0.05) is 12.2 Å². The molecule has 0 aliphatic carbocycles. The van der Waals surface area contributed by atoms with Crippen molar-refractivity contribution in [1.82, 2.24) is 5.32 Å². The molecule has 1 rings (SSSR count). The van der Waals surface area contributed by atoms with Gasteiger partial charge >= 0.3 is 0 Å². The molecule has 1 N–H and O–H groups in total. The lowest BCUT2D eigenvalue weighted by molar-refractivity contribution is 0.122. The minimum absolute atomic E-state index is 0.104. The van der Waals surface area contributed by atoms with Crippen LogP contribution in [0.5, 0.6) is 11.5 Å². The van der Waals surface area contributed by atoms with E-state index >= 15 is 0 Å². The van der Waals surface area contributed by atoms with Crippen LogP contribution in [0.2, 0.25) is 0 Å². The van der Waals surface area contributed by atoms with E-state index in [2.05, 4.69) is 28.2 Å². The zero-order valence-electron chi connectivity index (χ0n) is 12.7. The second-order valence-electron chi connectivity index (χ2n) is 4.37. The van der Waals surface area contributed by atoms with Crippen molar-refractivity contribution in [2.75, 3.05) is 34.0 Å². The van der Waals surface area contributed by atoms with Crippen molar-refractivity contribution in [3.63, 3.8) is 0 Å². The summed E-state index contributed by atoms with van der Waals surface area (Å²) in [5, 5.41) is 3.49. The van der Waals surface area contributed by atoms with E-state index in [9.17, 15) is 0 Å². The molecule has 1 atom stereocenters. The maximum atomic E-state index is 5.58. The van der Waals surface area contributed by atoms with Crippen LogP contribution in [0.1, 0.15) is 31.9 Å². The van der Waals surface area contributed by atoms with Crippen LogP contribution < -0.4 is 14.8 Å². The van der Waals surface area contributed by atoms with Crippen LogP contribution in [0.3, 0.4) is 0 Å². The molecule has 0 saturated heterocycles.